The minimum absolute atomic E-state index is 0.993. The number of terminal acetylenes is 1. The zero-order valence-corrected chi connectivity index (χ0v) is 22.8. The summed E-state index contributed by atoms with van der Waals surface area (Å²) < 4.78 is 4.23. The number of hydrogen-bond acceptors (Lipinski definition) is 0. The van der Waals surface area contributed by atoms with Gasteiger partial charge in [-0.05, 0) is 58.6 Å². The van der Waals surface area contributed by atoms with E-state index in [1.807, 2.05) is 16.7 Å². The number of allylic oxidation sites excluding steroid dienone is 4. The second kappa shape index (κ2) is 11.7. The highest BCUT2D eigenvalue weighted by molar-refractivity contribution is 6.19. The first-order chi connectivity index (χ1) is 20.8. The highest BCUT2D eigenvalue weighted by Crippen LogP contribution is 2.34. The van der Waals surface area contributed by atoms with Crippen LogP contribution in [0.1, 0.15) is 5.56 Å². The maximum atomic E-state index is 5.05. The van der Waals surface area contributed by atoms with Gasteiger partial charge in [-0.3, -0.25) is 4.57 Å². The van der Waals surface area contributed by atoms with Gasteiger partial charge in [0.15, 0.2) is 0 Å². The number of nitrogens with zero attached hydrogens (tertiary/aromatic N) is 2. The summed E-state index contributed by atoms with van der Waals surface area (Å²) >= 11 is 0. The van der Waals surface area contributed by atoms with Gasteiger partial charge in [0.1, 0.15) is 7.05 Å². The molecule has 0 aliphatic carbocycles. The topological polar surface area (TPSA) is 7.94 Å². The van der Waals surface area contributed by atoms with Crippen LogP contribution in [0.3, 0.4) is 0 Å². The normalized spacial score (nSPS) is 11.8. The quantitative estimate of drug-likeness (QED) is 0.159. The molecule has 6 rings (SSSR count). The van der Waals surface area contributed by atoms with Crippen LogP contribution in [0, 0.1) is 71.7 Å². The zero-order valence-electron chi connectivity index (χ0n) is 22.8. The Morgan fingerprint density at radius 1 is 0.667 bits per heavy atom. The molecule has 0 bridgehead atoms. The van der Waals surface area contributed by atoms with Crippen molar-refractivity contribution in [1.29, 1.82) is 0 Å². The molecule has 4 aromatic carbocycles. The summed E-state index contributed by atoms with van der Waals surface area (Å²) in [5, 5.41) is 7.03. The molecule has 0 saturated carbocycles. The van der Waals surface area contributed by atoms with Crippen LogP contribution in [0.25, 0.3) is 38.5 Å². The van der Waals surface area contributed by atoms with Gasteiger partial charge in [-0.2, -0.15) is 4.58 Å². The average Bonchev–Trinajstić information content (AvgIpc) is 3.47. The lowest BCUT2D eigenvalue weighted by Gasteiger charge is -1.97. The maximum absolute atomic E-state index is 5.05. The van der Waals surface area contributed by atoms with Crippen LogP contribution >= 0.6 is 0 Å². The Morgan fingerprint density at radius 3 is 2.07 bits per heavy atom. The van der Waals surface area contributed by atoms with E-state index in [1.165, 1.54) is 38.5 Å². The fraction of sp³-hybridized carbons (Fsp3) is 0.0250. The molecule has 0 radical (unpaired) electrons. The third-order valence-corrected chi connectivity index (χ3v) is 6.99. The van der Waals surface area contributed by atoms with Gasteiger partial charge >= 0.3 is 0 Å². The van der Waals surface area contributed by atoms with E-state index in [2.05, 4.69) is 168 Å². The Hall–Kier alpha value is -6.55. The van der Waals surface area contributed by atoms with Crippen molar-refractivity contribution in [3.63, 3.8) is 0 Å². The predicted molar refractivity (Wildman–Crippen MR) is 174 cm³/mol. The Labute approximate surface area is 245 Å². The predicted octanol–water partition coefficient (Wildman–Crippen LogP) is 5.79. The summed E-state index contributed by atoms with van der Waals surface area (Å²) in [5.74, 6) is 25.9. The minimum atomic E-state index is 0.993. The number of benzene rings is 4. The summed E-state index contributed by atoms with van der Waals surface area (Å²) in [6.45, 7) is 0. The first kappa shape index (κ1) is 25.7. The molecule has 5 aromatic rings. The third kappa shape index (κ3) is 4.82. The van der Waals surface area contributed by atoms with Gasteiger partial charge in [-0.25, -0.2) is 0 Å². The fourth-order valence-corrected chi connectivity index (χ4v) is 5.28. The van der Waals surface area contributed by atoms with Crippen molar-refractivity contribution in [3.8, 4) is 71.7 Å². The van der Waals surface area contributed by atoms with E-state index < -0.39 is 0 Å². The lowest BCUT2D eigenvalue weighted by atomic mass is 10.0. The molecule has 1 aliphatic rings. The van der Waals surface area contributed by atoms with E-state index in [1.54, 1.807) is 0 Å². The summed E-state index contributed by atoms with van der Waals surface area (Å²) in [4.78, 5) is 0. The monoisotopic (exact) mass is 529 g/mol. The molecule has 0 N–H and O–H groups in total. The summed E-state index contributed by atoms with van der Waals surface area (Å²) in [6.07, 6.45) is 15.5. The molecule has 0 unspecified atom stereocenters. The van der Waals surface area contributed by atoms with Crippen LogP contribution in [-0.2, 0) is 0 Å². The highest BCUT2D eigenvalue weighted by Gasteiger charge is 2.27. The maximum Gasteiger partial charge on any atom is 0.214 e. The molecule has 2 heteroatoms. The standard InChI is InChI=1S/C40H21N2/c1-3-4-5-6-7-8-9-10-11-15-30-42-36(34-25-17-21-32-23-19-29-38(42)40(32)34)27-14-12-13-26-35-33-24-16-20-31-22-18-28-37(39(31)33)41(35)2/h1,12-14,16-29H,2H3/q+1. The highest BCUT2D eigenvalue weighted by atomic mass is 15.0. The molecule has 2 heterocycles. The SMILES string of the molecule is C#CC#CC#CC#CC#CC#Cn1\c(=C/C=C/C=C/C2=[N+](C)c3cccc4cccc2c34)c2cccc3cccc1c32. The van der Waals surface area contributed by atoms with Crippen molar-refractivity contribution in [2.75, 3.05) is 7.05 Å². The number of rotatable bonds is 3. The lowest BCUT2D eigenvalue weighted by Crippen LogP contribution is -2.11. The van der Waals surface area contributed by atoms with Crippen LogP contribution in [-0.4, -0.2) is 21.9 Å². The number of hydrogen-bond donors (Lipinski definition) is 0. The molecular weight excluding hydrogens is 508 g/mol. The van der Waals surface area contributed by atoms with Gasteiger partial charge in [0, 0.05) is 58.6 Å². The van der Waals surface area contributed by atoms with E-state index >= 15 is 0 Å². The second-order valence-electron chi connectivity index (χ2n) is 9.32. The van der Waals surface area contributed by atoms with Crippen molar-refractivity contribution < 1.29 is 4.58 Å². The van der Waals surface area contributed by atoms with E-state index in [-0.39, 0.29) is 0 Å². The van der Waals surface area contributed by atoms with E-state index in [0.717, 1.165) is 16.3 Å². The van der Waals surface area contributed by atoms with Crippen molar-refractivity contribution in [1.82, 2.24) is 4.57 Å². The fourth-order valence-electron chi connectivity index (χ4n) is 5.28. The molecule has 0 atom stereocenters. The van der Waals surface area contributed by atoms with Crippen molar-refractivity contribution >= 4 is 49.9 Å². The Balaban J connectivity index is 1.33. The van der Waals surface area contributed by atoms with Gasteiger partial charge in [-0.1, -0.05) is 72.8 Å². The lowest BCUT2D eigenvalue weighted by molar-refractivity contribution is -0.399. The number of aromatic nitrogens is 1. The molecule has 0 spiro atoms. The molecule has 190 valence electrons. The molecule has 1 aromatic heterocycles. The van der Waals surface area contributed by atoms with Crippen LogP contribution < -0.4 is 5.35 Å². The van der Waals surface area contributed by atoms with Crippen molar-refractivity contribution in [2.45, 2.75) is 0 Å². The molecule has 1 aliphatic heterocycles. The van der Waals surface area contributed by atoms with Crippen molar-refractivity contribution in [2.24, 2.45) is 0 Å². The summed E-state index contributed by atoms with van der Waals surface area (Å²) in [5.41, 5.74) is 4.70. The van der Waals surface area contributed by atoms with Crippen LogP contribution in [0.4, 0.5) is 5.69 Å². The molecule has 42 heavy (non-hydrogen) atoms. The first-order valence-corrected chi connectivity index (χ1v) is 13.2. The van der Waals surface area contributed by atoms with Gasteiger partial charge in [0.2, 0.25) is 11.4 Å². The molecule has 0 saturated heterocycles. The Kier molecular flexibility index (Phi) is 7.15. The minimum Gasteiger partial charge on any atom is -0.268 e. The Bertz CT molecular complexity index is 2430. The van der Waals surface area contributed by atoms with Crippen LogP contribution in [0.2, 0.25) is 0 Å². The van der Waals surface area contributed by atoms with Crippen molar-refractivity contribution in [3.05, 3.63) is 108 Å². The van der Waals surface area contributed by atoms with Gasteiger partial charge in [0.05, 0.1) is 21.8 Å². The Morgan fingerprint density at radius 2 is 1.31 bits per heavy atom. The smallest absolute Gasteiger partial charge is 0.214 e. The summed E-state index contributed by atoms with van der Waals surface area (Å²) in [6, 6.07) is 28.7. The summed E-state index contributed by atoms with van der Waals surface area (Å²) in [7, 11) is 2.12. The van der Waals surface area contributed by atoms with E-state index in [4.69, 9.17) is 6.42 Å². The zero-order chi connectivity index (χ0) is 28.7. The van der Waals surface area contributed by atoms with Gasteiger partial charge < -0.3 is 0 Å². The molecule has 0 fully saturated rings. The molecular formula is C40H21N2+. The van der Waals surface area contributed by atoms with E-state index in [0.29, 0.717) is 0 Å². The van der Waals surface area contributed by atoms with Crippen LogP contribution in [0.5, 0.6) is 0 Å². The molecule has 2 nitrogen and oxygen atoms in total. The first-order valence-electron chi connectivity index (χ1n) is 13.2. The third-order valence-electron chi connectivity index (χ3n) is 6.99. The van der Waals surface area contributed by atoms with Crippen LogP contribution in [0.15, 0.2) is 97.1 Å². The average molecular weight is 530 g/mol. The largest absolute Gasteiger partial charge is 0.268 e. The second-order valence-corrected chi connectivity index (χ2v) is 9.32. The van der Waals surface area contributed by atoms with Gasteiger partial charge in [0.25, 0.3) is 0 Å². The molecule has 0 amide bonds. The van der Waals surface area contributed by atoms with Gasteiger partial charge in [-0.15, -0.1) is 6.42 Å². The van der Waals surface area contributed by atoms with E-state index in [9.17, 15) is 0 Å².